The van der Waals surface area contributed by atoms with Crippen LogP contribution in [0.15, 0.2) is 18.2 Å². The first-order chi connectivity index (χ1) is 11.1. The summed E-state index contributed by atoms with van der Waals surface area (Å²) >= 11 is 0. The number of ether oxygens (including phenoxy) is 1. The van der Waals surface area contributed by atoms with Crippen LogP contribution in [0.25, 0.3) is 0 Å². The van der Waals surface area contributed by atoms with Gasteiger partial charge in [0.05, 0.1) is 18.7 Å². The number of hydrogen-bond donors (Lipinski definition) is 2. The summed E-state index contributed by atoms with van der Waals surface area (Å²) in [6, 6.07) is 4.73. The molecular formula is C19H29NO4. The van der Waals surface area contributed by atoms with Gasteiger partial charge in [-0.05, 0) is 43.2 Å². The molecule has 0 saturated heterocycles. The molecule has 1 unspecified atom stereocenters. The van der Waals surface area contributed by atoms with Crippen LogP contribution in [0.4, 0.5) is 5.69 Å². The molecule has 1 atom stereocenters. The van der Waals surface area contributed by atoms with Crippen LogP contribution in [-0.4, -0.2) is 23.4 Å². The molecule has 0 spiro atoms. The van der Waals surface area contributed by atoms with Crippen molar-refractivity contribution in [1.29, 1.82) is 0 Å². The molecule has 0 aromatic heterocycles. The van der Waals surface area contributed by atoms with E-state index in [1.165, 1.54) is 13.0 Å². The molecule has 1 rings (SSSR count). The standard InChI is InChI=1S/C19H29NO4/c1-13(12-19(3,4)5)8-9-24-15-6-7-16(17(22)11-15)20-18(23)10-14(2)21/h6-7,11,13,22H,8-10,12H2,1-5H3,(H,20,23). The van der Waals surface area contributed by atoms with Crippen LogP contribution in [0.3, 0.4) is 0 Å². The summed E-state index contributed by atoms with van der Waals surface area (Å²) < 4.78 is 5.67. The molecule has 24 heavy (non-hydrogen) atoms. The molecule has 5 nitrogen and oxygen atoms in total. The minimum Gasteiger partial charge on any atom is -0.506 e. The number of carbonyl (C=O) groups is 2. The zero-order valence-corrected chi connectivity index (χ0v) is 15.3. The first-order valence-electron chi connectivity index (χ1n) is 8.32. The van der Waals surface area contributed by atoms with Crippen LogP contribution in [0.5, 0.6) is 11.5 Å². The molecule has 1 aromatic carbocycles. The lowest BCUT2D eigenvalue weighted by Gasteiger charge is -2.23. The number of phenols is 1. The fourth-order valence-corrected chi connectivity index (χ4v) is 2.65. The Morgan fingerprint density at radius 1 is 1.29 bits per heavy atom. The Morgan fingerprint density at radius 3 is 2.50 bits per heavy atom. The third-order valence-electron chi connectivity index (χ3n) is 3.49. The SMILES string of the molecule is CC(=O)CC(=O)Nc1ccc(OCCC(C)CC(C)(C)C)cc1O. The number of carbonyl (C=O) groups excluding carboxylic acids is 2. The van der Waals surface area contributed by atoms with Crippen molar-refractivity contribution in [2.24, 2.45) is 11.3 Å². The minimum absolute atomic E-state index is 0.0767. The zero-order valence-electron chi connectivity index (χ0n) is 15.3. The van der Waals surface area contributed by atoms with Gasteiger partial charge in [0.1, 0.15) is 17.3 Å². The zero-order chi connectivity index (χ0) is 18.3. The van der Waals surface area contributed by atoms with E-state index < -0.39 is 5.91 Å². The van der Waals surface area contributed by atoms with Crippen LogP contribution in [0.2, 0.25) is 0 Å². The fraction of sp³-hybridized carbons (Fsp3) is 0.579. The van der Waals surface area contributed by atoms with Gasteiger partial charge in [0, 0.05) is 6.07 Å². The first-order valence-corrected chi connectivity index (χ1v) is 8.32. The summed E-state index contributed by atoms with van der Waals surface area (Å²) in [4.78, 5) is 22.4. The van der Waals surface area contributed by atoms with E-state index in [0.717, 1.165) is 12.8 Å². The summed E-state index contributed by atoms with van der Waals surface area (Å²) in [7, 11) is 0. The number of phenolic OH excluding ortho intramolecular Hbond substituents is 1. The molecule has 2 N–H and O–H groups in total. The molecule has 0 aliphatic carbocycles. The quantitative estimate of drug-likeness (QED) is 0.553. The van der Waals surface area contributed by atoms with Crippen LogP contribution in [-0.2, 0) is 9.59 Å². The number of benzene rings is 1. The molecule has 1 aromatic rings. The lowest BCUT2D eigenvalue weighted by Crippen LogP contribution is -2.15. The van der Waals surface area contributed by atoms with E-state index in [0.29, 0.717) is 23.7 Å². The molecule has 0 bridgehead atoms. The molecular weight excluding hydrogens is 306 g/mol. The minimum atomic E-state index is -0.442. The Labute approximate surface area is 144 Å². The molecule has 134 valence electrons. The van der Waals surface area contributed by atoms with Crippen molar-refractivity contribution in [3.8, 4) is 11.5 Å². The van der Waals surface area contributed by atoms with E-state index >= 15 is 0 Å². The van der Waals surface area contributed by atoms with E-state index in [1.807, 2.05) is 0 Å². The van der Waals surface area contributed by atoms with E-state index in [-0.39, 0.29) is 23.6 Å². The Kier molecular flexibility index (Phi) is 7.26. The highest BCUT2D eigenvalue weighted by atomic mass is 16.5. The fourth-order valence-electron chi connectivity index (χ4n) is 2.65. The molecule has 0 aliphatic heterocycles. The van der Waals surface area contributed by atoms with Crippen LogP contribution in [0.1, 0.15) is 53.9 Å². The van der Waals surface area contributed by atoms with Gasteiger partial charge in [0.25, 0.3) is 0 Å². The largest absolute Gasteiger partial charge is 0.506 e. The number of Topliss-reactive ketones (excluding diaryl/α,β-unsaturated/α-hetero) is 1. The molecule has 5 heteroatoms. The second kappa shape index (κ2) is 8.71. The Balaban J connectivity index is 2.50. The highest BCUT2D eigenvalue weighted by molar-refractivity contribution is 6.04. The van der Waals surface area contributed by atoms with E-state index in [4.69, 9.17) is 4.74 Å². The van der Waals surface area contributed by atoms with Crippen molar-refractivity contribution in [3.63, 3.8) is 0 Å². The Bertz CT molecular complexity index is 575. The molecule has 0 fully saturated rings. The van der Waals surface area contributed by atoms with Crippen molar-refractivity contribution < 1.29 is 19.4 Å². The molecule has 1 amide bonds. The third-order valence-corrected chi connectivity index (χ3v) is 3.49. The predicted molar refractivity (Wildman–Crippen MR) is 95.4 cm³/mol. The smallest absolute Gasteiger partial charge is 0.231 e. The van der Waals surface area contributed by atoms with E-state index in [9.17, 15) is 14.7 Å². The Hall–Kier alpha value is -2.04. The maximum absolute atomic E-state index is 11.5. The molecule has 0 saturated carbocycles. The van der Waals surface area contributed by atoms with Gasteiger partial charge in [0.2, 0.25) is 5.91 Å². The van der Waals surface area contributed by atoms with E-state index in [1.54, 1.807) is 12.1 Å². The van der Waals surface area contributed by atoms with Crippen molar-refractivity contribution in [2.45, 2.75) is 53.9 Å². The van der Waals surface area contributed by atoms with Crippen molar-refractivity contribution >= 4 is 17.4 Å². The molecule has 0 aliphatic rings. The average molecular weight is 335 g/mol. The van der Waals surface area contributed by atoms with Crippen molar-refractivity contribution in [2.75, 3.05) is 11.9 Å². The van der Waals surface area contributed by atoms with Gasteiger partial charge in [0.15, 0.2) is 0 Å². The lowest BCUT2D eigenvalue weighted by molar-refractivity contribution is -0.124. The highest BCUT2D eigenvalue weighted by Gasteiger charge is 2.15. The number of nitrogens with one attached hydrogen (secondary N) is 1. The van der Waals surface area contributed by atoms with Crippen LogP contribution in [0, 0.1) is 11.3 Å². The number of ketones is 1. The van der Waals surface area contributed by atoms with Gasteiger partial charge in [-0.3, -0.25) is 9.59 Å². The Morgan fingerprint density at radius 2 is 1.96 bits per heavy atom. The number of hydrogen-bond acceptors (Lipinski definition) is 4. The lowest BCUT2D eigenvalue weighted by atomic mass is 9.84. The van der Waals surface area contributed by atoms with Gasteiger partial charge in [-0.2, -0.15) is 0 Å². The average Bonchev–Trinajstić information content (AvgIpc) is 2.38. The third kappa shape index (κ3) is 7.99. The predicted octanol–water partition coefficient (Wildman–Crippen LogP) is 4.15. The van der Waals surface area contributed by atoms with Crippen LogP contribution < -0.4 is 10.1 Å². The summed E-state index contributed by atoms with van der Waals surface area (Å²) in [5.41, 5.74) is 0.576. The topological polar surface area (TPSA) is 75.6 Å². The van der Waals surface area contributed by atoms with E-state index in [2.05, 4.69) is 33.0 Å². The van der Waals surface area contributed by atoms with Gasteiger partial charge < -0.3 is 15.2 Å². The normalized spacial score (nSPS) is 12.5. The second-order valence-electron chi connectivity index (χ2n) is 7.61. The maximum Gasteiger partial charge on any atom is 0.231 e. The number of anilines is 1. The van der Waals surface area contributed by atoms with Gasteiger partial charge in [-0.1, -0.05) is 27.7 Å². The van der Waals surface area contributed by atoms with Crippen molar-refractivity contribution in [3.05, 3.63) is 18.2 Å². The molecule has 0 radical (unpaired) electrons. The summed E-state index contributed by atoms with van der Waals surface area (Å²) in [5.74, 6) is 0.370. The number of aromatic hydroxyl groups is 1. The second-order valence-corrected chi connectivity index (χ2v) is 7.61. The summed E-state index contributed by atoms with van der Waals surface area (Å²) in [5, 5.41) is 12.5. The maximum atomic E-state index is 11.5. The monoisotopic (exact) mass is 335 g/mol. The number of rotatable bonds is 8. The molecule has 0 heterocycles. The highest BCUT2D eigenvalue weighted by Crippen LogP contribution is 2.29. The first kappa shape index (κ1) is 20.0. The van der Waals surface area contributed by atoms with Gasteiger partial charge in [-0.15, -0.1) is 0 Å². The summed E-state index contributed by atoms with van der Waals surface area (Å²) in [6.45, 7) is 10.8. The van der Waals surface area contributed by atoms with Gasteiger partial charge >= 0.3 is 0 Å². The number of amides is 1. The summed E-state index contributed by atoms with van der Waals surface area (Å²) in [6.07, 6.45) is 1.86. The van der Waals surface area contributed by atoms with Crippen molar-refractivity contribution in [1.82, 2.24) is 0 Å². The van der Waals surface area contributed by atoms with Crippen LogP contribution >= 0.6 is 0 Å². The van der Waals surface area contributed by atoms with Gasteiger partial charge in [-0.25, -0.2) is 0 Å².